The zero-order valence-corrected chi connectivity index (χ0v) is 15.0. The molecule has 2 heterocycles. The molecule has 122 valence electrons. The summed E-state index contributed by atoms with van der Waals surface area (Å²) in [5, 5.41) is 5.07. The molecule has 0 aliphatic carbocycles. The summed E-state index contributed by atoms with van der Waals surface area (Å²) < 4.78 is 0.960. The summed E-state index contributed by atoms with van der Waals surface area (Å²) in [6.45, 7) is 3.61. The van der Waals surface area contributed by atoms with Gasteiger partial charge in [-0.1, -0.05) is 36.0 Å². The zero-order valence-electron chi connectivity index (χ0n) is 13.4. The molecule has 3 rings (SSSR count). The van der Waals surface area contributed by atoms with E-state index < -0.39 is 0 Å². The molecule has 0 radical (unpaired) electrons. The van der Waals surface area contributed by atoms with Crippen molar-refractivity contribution < 1.29 is 4.79 Å². The van der Waals surface area contributed by atoms with E-state index in [1.54, 1.807) is 11.3 Å². The number of nitrogens with one attached hydrogen (secondary N) is 1. The van der Waals surface area contributed by atoms with Crippen molar-refractivity contribution in [2.45, 2.75) is 30.3 Å². The molecule has 1 amide bonds. The highest BCUT2D eigenvalue weighted by Gasteiger charge is 2.23. The van der Waals surface area contributed by atoms with Crippen molar-refractivity contribution >= 4 is 29.0 Å². The van der Waals surface area contributed by atoms with Crippen LogP contribution in [0.5, 0.6) is 0 Å². The molecule has 6 heteroatoms. The predicted octanol–water partition coefficient (Wildman–Crippen LogP) is 2.72. The maximum Gasteiger partial charge on any atom is 0.230 e. The summed E-state index contributed by atoms with van der Waals surface area (Å²) in [5.41, 5.74) is 3.81. The number of carbonyl (C=O) groups is 1. The Hall–Kier alpha value is -1.37. The molecule has 23 heavy (non-hydrogen) atoms. The molecule has 0 bridgehead atoms. The number of thioether (sulfide) groups is 1. The average molecular weight is 348 g/mol. The molecule has 0 fully saturated rings. The van der Waals surface area contributed by atoms with Gasteiger partial charge < -0.3 is 5.32 Å². The average Bonchev–Trinajstić information content (AvgIpc) is 2.96. The normalized spacial score (nSPS) is 17.7. The lowest BCUT2D eigenvalue weighted by molar-refractivity contribution is -0.118. The molecule has 0 spiro atoms. The number of hydrogen-bond donors (Lipinski definition) is 1. The number of carbonyl (C=O) groups excluding carboxylic acids is 1. The number of likely N-dealkylation sites (N-methyl/N-ethyl adjacent to an activating group) is 1. The molecule has 2 aromatic rings. The van der Waals surface area contributed by atoms with Gasteiger partial charge in [0, 0.05) is 30.2 Å². The molecule has 1 aromatic heterocycles. The van der Waals surface area contributed by atoms with E-state index in [9.17, 15) is 4.79 Å². The van der Waals surface area contributed by atoms with Gasteiger partial charge in [-0.15, -0.1) is 11.3 Å². The minimum atomic E-state index is 0.0788. The zero-order chi connectivity index (χ0) is 16.2. The van der Waals surface area contributed by atoms with Crippen LogP contribution in [0.25, 0.3) is 0 Å². The first-order valence-corrected chi connectivity index (χ1v) is 9.57. The Bertz CT molecular complexity index is 686. The van der Waals surface area contributed by atoms with Crippen molar-refractivity contribution in [1.82, 2.24) is 15.2 Å². The van der Waals surface area contributed by atoms with Gasteiger partial charge in [0.05, 0.1) is 5.75 Å². The summed E-state index contributed by atoms with van der Waals surface area (Å²) >= 11 is 3.10. The quantitative estimate of drug-likeness (QED) is 0.845. The van der Waals surface area contributed by atoms with Crippen molar-refractivity contribution in [3.05, 3.63) is 46.5 Å². The standard InChI is InChI=1S/C17H21N3OS2/c1-12-10-22-17(19-12)23-11-16(21)18-8-15-7-13-5-3-4-6-14(13)9-20(15)2/h3-6,10,15H,7-9,11H2,1-2H3,(H,18,21)/t15-/m0/s1. The van der Waals surface area contributed by atoms with E-state index in [-0.39, 0.29) is 5.91 Å². The van der Waals surface area contributed by atoms with Crippen molar-refractivity contribution in [1.29, 1.82) is 0 Å². The number of rotatable bonds is 5. The Balaban J connectivity index is 1.47. The number of nitrogens with zero attached hydrogens (tertiary/aromatic N) is 2. The van der Waals surface area contributed by atoms with Gasteiger partial charge in [-0.3, -0.25) is 9.69 Å². The van der Waals surface area contributed by atoms with Crippen LogP contribution >= 0.6 is 23.1 Å². The van der Waals surface area contributed by atoms with Crippen LogP contribution in [0.1, 0.15) is 16.8 Å². The van der Waals surface area contributed by atoms with E-state index in [0.29, 0.717) is 18.3 Å². The largest absolute Gasteiger partial charge is 0.354 e. The smallest absolute Gasteiger partial charge is 0.230 e. The Kier molecular flexibility index (Phi) is 5.35. The van der Waals surface area contributed by atoms with Gasteiger partial charge in [0.25, 0.3) is 0 Å². The van der Waals surface area contributed by atoms with Gasteiger partial charge in [0.15, 0.2) is 4.34 Å². The number of hydrogen-bond acceptors (Lipinski definition) is 5. The third kappa shape index (κ3) is 4.34. The van der Waals surface area contributed by atoms with Crippen LogP contribution < -0.4 is 5.32 Å². The van der Waals surface area contributed by atoms with Gasteiger partial charge in [-0.2, -0.15) is 0 Å². The summed E-state index contributed by atoms with van der Waals surface area (Å²) in [5.74, 6) is 0.509. The van der Waals surface area contributed by atoms with Crippen LogP contribution in [0.2, 0.25) is 0 Å². The number of thiazole rings is 1. The van der Waals surface area contributed by atoms with Crippen LogP contribution in [-0.4, -0.2) is 41.2 Å². The molecule has 1 aliphatic rings. The van der Waals surface area contributed by atoms with Crippen LogP contribution in [0, 0.1) is 6.92 Å². The molecule has 0 saturated heterocycles. The van der Waals surface area contributed by atoms with Gasteiger partial charge in [-0.05, 0) is 31.5 Å². The van der Waals surface area contributed by atoms with Crippen LogP contribution in [-0.2, 0) is 17.8 Å². The number of fused-ring (bicyclic) bond motifs is 1. The molecule has 0 unspecified atom stereocenters. The highest BCUT2D eigenvalue weighted by Crippen LogP contribution is 2.23. The third-order valence-corrected chi connectivity index (χ3v) is 6.22. The van der Waals surface area contributed by atoms with Gasteiger partial charge in [0.2, 0.25) is 5.91 Å². The second kappa shape index (κ2) is 7.47. The first-order valence-electron chi connectivity index (χ1n) is 7.70. The van der Waals surface area contributed by atoms with E-state index in [1.165, 1.54) is 22.9 Å². The van der Waals surface area contributed by atoms with Gasteiger partial charge in [0.1, 0.15) is 0 Å². The van der Waals surface area contributed by atoms with E-state index in [1.807, 2.05) is 12.3 Å². The predicted molar refractivity (Wildman–Crippen MR) is 96.0 cm³/mol. The first kappa shape index (κ1) is 16.5. The summed E-state index contributed by atoms with van der Waals surface area (Å²) in [4.78, 5) is 18.7. The molecule has 0 saturated carbocycles. The van der Waals surface area contributed by atoms with Crippen molar-refractivity contribution in [2.75, 3.05) is 19.3 Å². The lowest BCUT2D eigenvalue weighted by Gasteiger charge is -2.34. The van der Waals surface area contributed by atoms with Crippen molar-refractivity contribution in [2.24, 2.45) is 0 Å². The monoisotopic (exact) mass is 347 g/mol. The van der Waals surface area contributed by atoms with Crippen LogP contribution in [0.3, 0.4) is 0 Å². The lowest BCUT2D eigenvalue weighted by Crippen LogP contribution is -2.45. The van der Waals surface area contributed by atoms with Crippen molar-refractivity contribution in [3.63, 3.8) is 0 Å². The first-order chi connectivity index (χ1) is 11.1. The Morgan fingerprint density at radius 2 is 2.22 bits per heavy atom. The molecule has 4 nitrogen and oxygen atoms in total. The summed E-state index contributed by atoms with van der Waals surface area (Å²) in [6, 6.07) is 8.92. The molecule has 1 N–H and O–H groups in total. The molecular weight excluding hydrogens is 326 g/mol. The molecule has 1 aliphatic heterocycles. The van der Waals surface area contributed by atoms with Crippen LogP contribution in [0.15, 0.2) is 34.0 Å². The Morgan fingerprint density at radius 1 is 1.43 bits per heavy atom. The maximum absolute atomic E-state index is 12.0. The fourth-order valence-corrected chi connectivity index (χ4v) is 4.43. The maximum atomic E-state index is 12.0. The summed E-state index contributed by atoms with van der Waals surface area (Å²) in [7, 11) is 2.12. The SMILES string of the molecule is Cc1csc(SCC(=O)NC[C@@H]2Cc3ccccc3CN2C)n1. The number of aromatic nitrogens is 1. The van der Waals surface area contributed by atoms with E-state index in [2.05, 4.69) is 46.5 Å². The summed E-state index contributed by atoms with van der Waals surface area (Å²) in [6.07, 6.45) is 0.992. The lowest BCUT2D eigenvalue weighted by atomic mass is 9.94. The molecular formula is C17H21N3OS2. The van der Waals surface area contributed by atoms with Crippen LogP contribution in [0.4, 0.5) is 0 Å². The second-order valence-electron chi connectivity index (χ2n) is 5.89. The second-order valence-corrected chi connectivity index (χ2v) is 7.97. The van der Waals surface area contributed by atoms with Crippen molar-refractivity contribution in [3.8, 4) is 0 Å². The Labute approximate surface area is 145 Å². The highest BCUT2D eigenvalue weighted by molar-refractivity contribution is 8.01. The van der Waals surface area contributed by atoms with E-state index in [4.69, 9.17) is 0 Å². The minimum absolute atomic E-state index is 0.0788. The van der Waals surface area contributed by atoms with E-state index in [0.717, 1.165) is 23.0 Å². The fraction of sp³-hybridized carbons (Fsp3) is 0.412. The Morgan fingerprint density at radius 3 is 2.96 bits per heavy atom. The van der Waals surface area contributed by atoms with Gasteiger partial charge >= 0.3 is 0 Å². The van der Waals surface area contributed by atoms with E-state index >= 15 is 0 Å². The molecule has 1 aromatic carbocycles. The van der Waals surface area contributed by atoms with Gasteiger partial charge in [-0.25, -0.2) is 4.98 Å². The third-order valence-electron chi connectivity index (χ3n) is 4.08. The minimum Gasteiger partial charge on any atom is -0.354 e. The molecule has 1 atom stereocenters. The number of benzene rings is 1. The number of aryl methyl sites for hydroxylation is 1. The fourth-order valence-electron chi connectivity index (χ4n) is 2.76. The highest BCUT2D eigenvalue weighted by atomic mass is 32.2. The topological polar surface area (TPSA) is 45.2 Å². The number of amides is 1.